The molecule has 0 atom stereocenters. The minimum atomic E-state index is 0.784. The van der Waals surface area contributed by atoms with E-state index in [1.54, 1.807) is 0 Å². The zero-order valence-corrected chi connectivity index (χ0v) is 9.15. The van der Waals surface area contributed by atoms with Crippen LogP contribution in [0.25, 0.3) is 11.0 Å². The van der Waals surface area contributed by atoms with Crippen LogP contribution in [0, 0.1) is 6.92 Å². The van der Waals surface area contributed by atoms with E-state index in [1.165, 1.54) is 0 Å². The molecule has 1 heterocycles. The van der Waals surface area contributed by atoms with Crippen molar-refractivity contribution in [2.75, 3.05) is 0 Å². The molecule has 0 aliphatic carbocycles. The smallest absolute Gasteiger partial charge is 0.107 e. The number of H-pyrrole nitrogens is 1. The maximum Gasteiger partial charge on any atom is 0.107 e. The average Bonchev–Trinajstić information content (AvgIpc) is 2.48. The number of benzene rings is 1. The number of aryl methyl sites for hydroxylation is 2. The van der Waals surface area contributed by atoms with Crippen LogP contribution in [0.4, 0.5) is 0 Å². The van der Waals surface area contributed by atoms with Crippen molar-refractivity contribution in [2.24, 2.45) is 0 Å². The summed E-state index contributed by atoms with van der Waals surface area (Å²) in [5.41, 5.74) is 3.13. The van der Waals surface area contributed by atoms with Gasteiger partial charge in [0.1, 0.15) is 5.82 Å². The first-order valence-electron chi connectivity index (χ1n) is 4.85. The van der Waals surface area contributed by atoms with Crippen molar-refractivity contribution in [1.29, 1.82) is 0 Å². The fraction of sp³-hybridized carbons (Fsp3) is 0.364. The summed E-state index contributed by atoms with van der Waals surface area (Å²) in [5.74, 6) is 1.05. The Bertz CT molecular complexity index is 421. The Hall–Kier alpha value is -1.02. The lowest BCUT2D eigenvalue weighted by molar-refractivity contribution is 0.861. The number of rotatable bonds is 2. The number of hydrogen-bond donors (Lipinski definition) is 1. The lowest BCUT2D eigenvalue weighted by Gasteiger charge is -1.95. The fourth-order valence-corrected chi connectivity index (χ4v) is 1.71. The van der Waals surface area contributed by atoms with Gasteiger partial charge >= 0.3 is 0 Å². The van der Waals surface area contributed by atoms with Crippen LogP contribution in [-0.4, -0.2) is 9.97 Å². The normalized spacial score (nSPS) is 11.1. The topological polar surface area (TPSA) is 28.7 Å². The largest absolute Gasteiger partial charge is 0.342 e. The molecule has 74 valence electrons. The first-order valence-corrected chi connectivity index (χ1v) is 5.23. The second kappa shape index (κ2) is 3.62. The highest BCUT2D eigenvalue weighted by atomic mass is 35.5. The summed E-state index contributed by atoms with van der Waals surface area (Å²) in [5, 5.41) is 0.784. The van der Waals surface area contributed by atoms with Gasteiger partial charge in [-0.15, -0.1) is 0 Å². The molecule has 0 unspecified atom stereocenters. The van der Waals surface area contributed by atoms with Gasteiger partial charge in [0, 0.05) is 11.4 Å². The molecule has 0 saturated carbocycles. The number of hydrogen-bond acceptors (Lipinski definition) is 1. The maximum atomic E-state index is 6.02. The van der Waals surface area contributed by atoms with Crippen molar-refractivity contribution >= 4 is 22.6 Å². The van der Waals surface area contributed by atoms with Gasteiger partial charge in [-0.25, -0.2) is 4.98 Å². The number of halogens is 1. The van der Waals surface area contributed by atoms with E-state index in [9.17, 15) is 0 Å². The Kier molecular flexibility index (Phi) is 2.46. The number of imidazole rings is 1. The van der Waals surface area contributed by atoms with Crippen molar-refractivity contribution in [3.05, 3.63) is 28.5 Å². The molecule has 0 bridgehead atoms. The highest BCUT2D eigenvalue weighted by Crippen LogP contribution is 2.21. The highest BCUT2D eigenvalue weighted by molar-refractivity contribution is 6.32. The second-order valence-electron chi connectivity index (χ2n) is 3.55. The van der Waals surface area contributed by atoms with Crippen LogP contribution in [0.1, 0.15) is 24.7 Å². The Morgan fingerprint density at radius 1 is 1.43 bits per heavy atom. The average molecular weight is 209 g/mol. The van der Waals surface area contributed by atoms with Crippen LogP contribution in [0.5, 0.6) is 0 Å². The molecular formula is C11H13ClN2. The molecule has 0 radical (unpaired) electrons. The highest BCUT2D eigenvalue weighted by Gasteiger charge is 2.04. The summed E-state index contributed by atoms with van der Waals surface area (Å²) in [7, 11) is 0. The van der Waals surface area contributed by atoms with E-state index in [4.69, 9.17) is 11.6 Å². The SMILES string of the molecule is CCCc1nc2cc(Cl)c(C)cc2[nH]1. The molecule has 1 N–H and O–H groups in total. The first-order chi connectivity index (χ1) is 6.70. The minimum absolute atomic E-state index is 0.784. The number of nitrogens with zero attached hydrogens (tertiary/aromatic N) is 1. The molecule has 0 amide bonds. The van der Waals surface area contributed by atoms with Crippen LogP contribution in [0.2, 0.25) is 5.02 Å². The predicted molar refractivity (Wildman–Crippen MR) is 59.8 cm³/mol. The van der Waals surface area contributed by atoms with Gasteiger partial charge in [-0.3, -0.25) is 0 Å². The van der Waals surface area contributed by atoms with E-state index in [0.717, 1.165) is 40.3 Å². The molecule has 1 aromatic carbocycles. The van der Waals surface area contributed by atoms with Crippen molar-refractivity contribution in [1.82, 2.24) is 9.97 Å². The van der Waals surface area contributed by atoms with Crippen LogP contribution in [0.15, 0.2) is 12.1 Å². The minimum Gasteiger partial charge on any atom is -0.342 e. The molecular weight excluding hydrogens is 196 g/mol. The van der Waals surface area contributed by atoms with E-state index >= 15 is 0 Å². The third kappa shape index (κ3) is 1.62. The number of aromatic amines is 1. The van der Waals surface area contributed by atoms with Crippen LogP contribution in [0.3, 0.4) is 0 Å². The van der Waals surface area contributed by atoms with Gasteiger partial charge in [-0.2, -0.15) is 0 Å². The number of nitrogens with one attached hydrogen (secondary N) is 1. The van der Waals surface area contributed by atoms with Crippen LogP contribution in [-0.2, 0) is 6.42 Å². The molecule has 3 heteroatoms. The summed E-state index contributed by atoms with van der Waals surface area (Å²) in [4.78, 5) is 7.76. The third-order valence-corrected chi connectivity index (χ3v) is 2.71. The molecule has 0 spiro atoms. The van der Waals surface area contributed by atoms with Crippen molar-refractivity contribution in [3.63, 3.8) is 0 Å². The molecule has 0 saturated heterocycles. The Morgan fingerprint density at radius 2 is 2.21 bits per heavy atom. The molecule has 0 fully saturated rings. The van der Waals surface area contributed by atoms with Crippen molar-refractivity contribution in [2.45, 2.75) is 26.7 Å². The fourth-order valence-electron chi connectivity index (χ4n) is 1.55. The molecule has 0 aliphatic heterocycles. The Morgan fingerprint density at radius 3 is 2.93 bits per heavy atom. The van der Waals surface area contributed by atoms with Gasteiger partial charge in [0.05, 0.1) is 11.0 Å². The van der Waals surface area contributed by atoms with E-state index in [1.807, 2.05) is 19.1 Å². The number of fused-ring (bicyclic) bond motifs is 1. The van der Waals surface area contributed by atoms with E-state index in [2.05, 4.69) is 16.9 Å². The lowest BCUT2D eigenvalue weighted by atomic mass is 10.2. The van der Waals surface area contributed by atoms with Gasteiger partial charge in [-0.05, 0) is 31.0 Å². The lowest BCUT2D eigenvalue weighted by Crippen LogP contribution is -1.83. The number of aromatic nitrogens is 2. The monoisotopic (exact) mass is 208 g/mol. The summed E-state index contributed by atoms with van der Waals surface area (Å²) in [6, 6.07) is 3.96. The predicted octanol–water partition coefficient (Wildman–Crippen LogP) is 3.48. The van der Waals surface area contributed by atoms with Gasteiger partial charge in [-0.1, -0.05) is 18.5 Å². The zero-order valence-electron chi connectivity index (χ0n) is 8.39. The molecule has 2 nitrogen and oxygen atoms in total. The summed E-state index contributed by atoms with van der Waals surface area (Å²) >= 11 is 6.02. The van der Waals surface area contributed by atoms with Crippen molar-refractivity contribution < 1.29 is 0 Å². The molecule has 2 aromatic rings. The standard InChI is InChI=1S/C11H13ClN2/c1-3-4-11-13-9-5-7(2)8(12)6-10(9)14-11/h5-6H,3-4H2,1-2H3,(H,13,14). The summed E-state index contributed by atoms with van der Waals surface area (Å²) < 4.78 is 0. The molecule has 2 rings (SSSR count). The summed E-state index contributed by atoms with van der Waals surface area (Å²) in [6.45, 7) is 4.15. The Balaban J connectivity index is 2.54. The van der Waals surface area contributed by atoms with Gasteiger partial charge < -0.3 is 4.98 Å². The zero-order chi connectivity index (χ0) is 10.1. The van der Waals surface area contributed by atoms with Crippen LogP contribution < -0.4 is 0 Å². The van der Waals surface area contributed by atoms with Gasteiger partial charge in [0.15, 0.2) is 0 Å². The second-order valence-corrected chi connectivity index (χ2v) is 3.96. The summed E-state index contributed by atoms with van der Waals surface area (Å²) in [6.07, 6.45) is 2.10. The molecule has 14 heavy (non-hydrogen) atoms. The maximum absolute atomic E-state index is 6.02. The first kappa shape index (κ1) is 9.53. The van der Waals surface area contributed by atoms with Gasteiger partial charge in [0.2, 0.25) is 0 Å². The van der Waals surface area contributed by atoms with E-state index < -0.39 is 0 Å². The quantitative estimate of drug-likeness (QED) is 0.805. The van der Waals surface area contributed by atoms with E-state index in [-0.39, 0.29) is 0 Å². The molecule has 0 aliphatic rings. The third-order valence-electron chi connectivity index (χ3n) is 2.30. The van der Waals surface area contributed by atoms with E-state index in [0.29, 0.717) is 0 Å². The molecule has 1 aromatic heterocycles. The Labute approximate surface area is 88.3 Å². The van der Waals surface area contributed by atoms with Crippen molar-refractivity contribution in [3.8, 4) is 0 Å². The van der Waals surface area contributed by atoms with Gasteiger partial charge in [0.25, 0.3) is 0 Å². The van der Waals surface area contributed by atoms with Crippen LogP contribution >= 0.6 is 11.6 Å².